The lowest BCUT2D eigenvalue weighted by molar-refractivity contribution is -0.154. The average molecular weight is 418 g/mol. The van der Waals surface area contributed by atoms with Crippen molar-refractivity contribution in [2.24, 2.45) is 5.92 Å². The van der Waals surface area contributed by atoms with E-state index in [0.717, 1.165) is 6.42 Å². The number of hydrogen-bond acceptors (Lipinski definition) is 5. The Hall–Kier alpha value is -3.10. The Kier molecular flexibility index (Phi) is 9.11. The number of nitrogens with zero attached hydrogens (tertiary/aromatic N) is 1. The summed E-state index contributed by atoms with van der Waals surface area (Å²) >= 11 is 0. The number of para-hydroxylation sites is 1. The highest BCUT2D eigenvalue weighted by Crippen LogP contribution is 2.19. The first kappa shape index (κ1) is 23.2. The van der Waals surface area contributed by atoms with Crippen LogP contribution in [0.15, 0.2) is 30.3 Å². The summed E-state index contributed by atoms with van der Waals surface area (Å²) in [4.78, 5) is 49.8. The van der Waals surface area contributed by atoms with Crippen LogP contribution in [0.2, 0.25) is 0 Å². The number of carbonyl (C=O) groups is 4. The summed E-state index contributed by atoms with van der Waals surface area (Å²) in [6, 6.07) is 8.26. The number of hydrogen-bond donors (Lipinski definition) is 3. The van der Waals surface area contributed by atoms with Crippen LogP contribution in [0.25, 0.3) is 0 Å². The van der Waals surface area contributed by atoms with Gasteiger partial charge in [0.1, 0.15) is 6.04 Å². The van der Waals surface area contributed by atoms with E-state index in [1.807, 2.05) is 25.1 Å². The molecule has 9 heteroatoms. The number of esters is 1. The third-order valence-electron chi connectivity index (χ3n) is 4.81. The van der Waals surface area contributed by atoms with Crippen molar-refractivity contribution in [2.45, 2.75) is 39.2 Å². The van der Waals surface area contributed by atoms with Crippen molar-refractivity contribution in [3.63, 3.8) is 0 Å². The molecule has 0 aromatic heterocycles. The molecule has 0 unspecified atom stereocenters. The molecule has 0 aliphatic carbocycles. The number of anilines is 1. The smallest absolute Gasteiger partial charge is 0.321 e. The molecule has 1 aromatic rings. The number of urea groups is 1. The molecule has 0 radical (unpaired) electrons. The zero-order valence-electron chi connectivity index (χ0n) is 17.5. The van der Waals surface area contributed by atoms with Gasteiger partial charge in [-0.3, -0.25) is 14.4 Å². The van der Waals surface area contributed by atoms with Crippen LogP contribution in [0, 0.1) is 5.92 Å². The van der Waals surface area contributed by atoms with Crippen LogP contribution < -0.4 is 16.0 Å². The van der Waals surface area contributed by atoms with Gasteiger partial charge in [0, 0.05) is 25.3 Å². The Morgan fingerprint density at radius 3 is 2.43 bits per heavy atom. The summed E-state index contributed by atoms with van der Waals surface area (Å²) in [5, 5.41) is 8.01. The molecule has 2 rings (SSSR count). The van der Waals surface area contributed by atoms with Crippen LogP contribution >= 0.6 is 0 Å². The number of likely N-dealkylation sites (tertiary alicyclic amines) is 1. The predicted octanol–water partition coefficient (Wildman–Crippen LogP) is 1.50. The Balaban J connectivity index is 1.68. The van der Waals surface area contributed by atoms with E-state index >= 15 is 0 Å². The number of amides is 4. The Labute approximate surface area is 176 Å². The molecule has 1 fully saturated rings. The highest BCUT2D eigenvalue weighted by molar-refractivity contribution is 5.90. The quantitative estimate of drug-likeness (QED) is 0.553. The van der Waals surface area contributed by atoms with Crippen LogP contribution in [0.3, 0.4) is 0 Å². The van der Waals surface area contributed by atoms with E-state index in [2.05, 4.69) is 16.0 Å². The average Bonchev–Trinajstić information content (AvgIpc) is 2.76. The Morgan fingerprint density at radius 2 is 1.80 bits per heavy atom. The molecule has 3 N–H and O–H groups in total. The maximum Gasteiger partial charge on any atom is 0.321 e. The van der Waals surface area contributed by atoms with Gasteiger partial charge in [0.05, 0.1) is 5.92 Å². The zero-order valence-corrected chi connectivity index (χ0v) is 17.5. The number of benzene rings is 1. The summed E-state index contributed by atoms with van der Waals surface area (Å²) in [5.74, 6) is -1.62. The molecule has 1 aliphatic rings. The van der Waals surface area contributed by atoms with E-state index in [1.165, 1.54) is 0 Å². The van der Waals surface area contributed by atoms with Crippen LogP contribution in [0.5, 0.6) is 0 Å². The second-order valence-electron chi connectivity index (χ2n) is 7.25. The number of ether oxygens (including phenoxy) is 1. The molecule has 0 spiro atoms. The van der Waals surface area contributed by atoms with Gasteiger partial charge in [0.25, 0.3) is 5.91 Å². The summed E-state index contributed by atoms with van der Waals surface area (Å²) in [6.07, 6.45) is 1.74. The second kappa shape index (κ2) is 11.8. The molecule has 1 aromatic carbocycles. The van der Waals surface area contributed by atoms with Gasteiger partial charge in [-0.05, 0) is 38.3 Å². The van der Waals surface area contributed by atoms with Crippen molar-refractivity contribution in [1.29, 1.82) is 0 Å². The van der Waals surface area contributed by atoms with Crippen LogP contribution in [-0.2, 0) is 19.1 Å². The summed E-state index contributed by atoms with van der Waals surface area (Å²) < 4.78 is 5.09. The monoisotopic (exact) mass is 418 g/mol. The molecule has 1 aliphatic heterocycles. The lowest BCUT2D eigenvalue weighted by Gasteiger charge is -2.30. The van der Waals surface area contributed by atoms with Crippen molar-refractivity contribution in [1.82, 2.24) is 15.5 Å². The minimum absolute atomic E-state index is 0.206. The number of piperidine rings is 1. The fourth-order valence-electron chi connectivity index (χ4n) is 3.05. The molecular weight excluding hydrogens is 388 g/mol. The predicted molar refractivity (Wildman–Crippen MR) is 112 cm³/mol. The van der Waals surface area contributed by atoms with Crippen LogP contribution in [0.4, 0.5) is 10.5 Å². The van der Waals surface area contributed by atoms with Crippen LogP contribution in [-0.4, -0.2) is 61.0 Å². The first-order valence-electron chi connectivity index (χ1n) is 10.3. The SMILES string of the molecule is CCCNC(=O)[C@@H](C)NC(=O)COC(=O)C1CCN(C(=O)Nc2ccccc2)CC1. The first-order valence-corrected chi connectivity index (χ1v) is 10.3. The summed E-state index contributed by atoms with van der Waals surface area (Å²) in [5.41, 5.74) is 0.715. The largest absolute Gasteiger partial charge is 0.455 e. The summed E-state index contributed by atoms with van der Waals surface area (Å²) in [7, 11) is 0. The lowest BCUT2D eigenvalue weighted by atomic mass is 9.97. The number of rotatable bonds is 8. The molecule has 9 nitrogen and oxygen atoms in total. The van der Waals surface area contributed by atoms with E-state index < -0.39 is 24.5 Å². The molecule has 0 bridgehead atoms. The minimum atomic E-state index is -0.700. The molecule has 1 saturated heterocycles. The van der Waals surface area contributed by atoms with E-state index in [9.17, 15) is 19.2 Å². The highest BCUT2D eigenvalue weighted by Gasteiger charge is 2.29. The van der Waals surface area contributed by atoms with Gasteiger partial charge in [-0.1, -0.05) is 25.1 Å². The minimum Gasteiger partial charge on any atom is -0.455 e. The Bertz CT molecular complexity index is 732. The van der Waals surface area contributed by atoms with Gasteiger partial charge in [-0.2, -0.15) is 0 Å². The molecule has 30 heavy (non-hydrogen) atoms. The lowest BCUT2D eigenvalue weighted by Crippen LogP contribution is -2.46. The first-order chi connectivity index (χ1) is 14.4. The van der Waals surface area contributed by atoms with E-state index in [1.54, 1.807) is 24.0 Å². The molecule has 1 atom stereocenters. The van der Waals surface area contributed by atoms with Crippen LogP contribution in [0.1, 0.15) is 33.1 Å². The van der Waals surface area contributed by atoms with Gasteiger partial charge in [0.15, 0.2) is 6.61 Å². The van der Waals surface area contributed by atoms with Gasteiger partial charge < -0.3 is 25.6 Å². The highest BCUT2D eigenvalue weighted by atomic mass is 16.5. The fourth-order valence-corrected chi connectivity index (χ4v) is 3.05. The van der Waals surface area contributed by atoms with E-state index in [0.29, 0.717) is 38.2 Å². The molecule has 0 saturated carbocycles. The summed E-state index contributed by atoms with van der Waals surface area (Å²) in [6.45, 7) is 4.47. The van der Waals surface area contributed by atoms with Gasteiger partial charge in [-0.25, -0.2) is 4.79 Å². The third-order valence-corrected chi connectivity index (χ3v) is 4.81. The van der Waals surface area contributed by atoms with Gasteiger partial charge in [-0.15, -0.1) is 0 Å². The van der Waals surface area contributed by atoms with Crippen molar-refractivity contribution >= 4 is 29.5 Å². The van der Waals surface area contributed by atoms with Crippen molar-refractivity contribution in [3.8, 4) is 0 Å². The number of nitrogens with one attached hydrogen (secondary N) is 3. The normalized spacial score (nSPS) is 15.1. The standard InChI is InChI=1S/C21H30N4O5/c1-3-11-22-19(27)15(2)23-18(26)14-30-20(28)16-9-12-25(13-10-16)21(29)24-17-7-5-4-6-8-17/h4-8,15-16H,3,9-14H2,1-2H3,(H,22,27)(H,23,26)(H,24,29)/t15-/m1/s1. The van der Waals surface area contributed by atoms with Crippen molar-refractivity contribution in [2.75, 3.05) is 31.6 Å². The third kappa shape index (κ3) is 7.38. The maximum atomic E-state index is 12.3. The van der Waals surface area contributed by atoms with Gasteiger partial charge >= 0.3 is 12.0 Å². The topological polar surface area (TPSA) is 117 Å². The van der Waals surface area contributed by atoms with Gasteiger partial charge in [0.2, 0.25) is 5.91 Å². The fraction of sp³-hybridized carbons (Fsp3) is 0.524. The van der Waals surface area contributed by atoms with E-state index in [-0.39, 0.29) is 17.9 Å². The second-order valence-corrected chi connectivity index (χ2v) is 7.25. The molecule has 1 heterocycles. The van der Waals surface area contributed by atoms with Crippen molar-refractivity contribution in [3.05, 3.63) is 30.3 Å². The molecule has 164 valence electrons. The zero-order chi connectivity index (χ0) is 21.9. The number of carbonyl (C=O) groups excluding carboxylic acids is 4. The molecular formula is C21H30N4O5. The molecule has 4 amide bonds. The maximum absolute atomic E-state index is 12.3. The Morgan fingerprint density at radius 1 is 1.13 bits per heavy atom. The van der Waals surface area contributed by atoms with E-state index in [4.69, 9.17) is 4.74 Å². The van der Waals surface area contributed by atoms with Crippen molar-refractivity contribution < 1.29 is 23.9 Å².